The molecule has 0 radical (unpaired) electrons. The first-order chi connectivity index (χ1) is 15.6. The lowest BCUT2D eigenvalue weighted by Crippen LogP contribution is -2.42. The maximum Gasteiger partial charge on any atom is 0.361 e. The van der Waals surface area contributed by atoms with Gasteiger partial charge in [-0.25, -0.2) is 18.6 Å². The van der Waals surface area contributed by atoms with Crippen LogP contribution in [-0.2, 0) is 15.1 Å². The van der Waals surface area contributed by atoms with Gasteiger partial charge in [0.25, 0.3) is 11.8 Å². The van der Waals surface area contributed by atoms with E-state index in [2.05, 4.69) is 5.32 Å². The van der Waals surface area contributed by atoms with Crippen molar-refractivity contribution >= 4 is 33.5 Å². The first kappa shape index (κ1) is 23.8. The zero-order chi connectivity index (χ0) is 24.2. The van der Waals surface area contributed by atoms with Crippen LogP contribution in [0.15, 0.2) is 72.8 Å². The monoisotopic (exact) mass is 477 g/mol. The molecule has 0 aliphatic rings. The average molecular weight is 477 g/mol. The van der Waals surface area contributed by atoms with Crippen molar-refractivity contribution in [2.45, 2.75) is 6.04 Å². The Hall–Kier alpha value is -3.87. The fourth-order valence-electron chi connectivity index (χ4n) is 3.09. The molecule has 0 aromatic heterocycles. The van der Waals surface area contributed by atoms with Crippen LogP contribution >= 0.6 is 0 Å². The first-order valence-corrected chi connectivity index (χ1v) is 10.6. The third kappa shape index (κ3) is 5.31. The summed E-state index contributed by atoms with van der Waals surface area (Å²) in [6.07, 6.45) is 0. The molecule has 0 saturated heterocycles. The molecular weight excluding hydrogens is 460 g/mol. The smallest absolute Gasteiger partial charge is 0.324 e. The third-order valence-corrected chi connectivity index (χ3v) is 5.41. The van der Waals surface area contributed by atoms with E-state index in [1.165, 1.54) is 54.0 Å². The predicted octanol–water partition coefficient (Wildman–Crippen LogP) is 3.07. The third-order valence-electron chi connectivity index (χ3n) is 4.52. The minimum Gasteiger partial charge on any atom is -0.324 e. The summed E-state index contributed by atoms with van der Waals surface area (Å²) in [7, 11) is -5.36. The van der Waals surface area contributed by atoms with Crippen LogP contribution < -0.4 is 15.1 Å². The average Bonchev–Trinajstić information content (AvgIpc) is 2.78. The number of rotatable bonds is 7. The molecule has 172 valence electrons. The van der Waals surface area contributed by atoms with E-state index in [9.17, 15) is 31.3 Å². The molecule has 0 heterocycles. The Morgan fingerprint density at radius 3 is 1.97 bits per heavy atom. The summed E-state index contributed by atoms with van der Waals surface area (Å²) in [6.45, 7) is 0. The van der Waals surface area contributed by atoms with Crippen molar-refractivity contribution in [2.75, 3.05) is 9.62 Å². The molecule has 0 fully saturated rings. The van der Waals surface area contributed by atoms with Crippen LogP contribution in [0.2, 0.25) is 0 Å². The Labute approximate surface area is 187 Å². The van der Waals surface area contributed by atoms with E-state index < -0.39 is 45.5 Å². The van der Waals surface area contributed by atoms with Crippen LogP contribution in [0.1, 0.15) is 22.0 Å². The van der Waals surface area contributed by atoms with Crippen molar-refractivity contribution in [3.8, 4) is 0 Å². The number of halogens is 2. The highest BCUT2D eigenvalue weighted by molar-refractivity contribution is 7.87. The van der Waals surface area contributed by atoms with Gasteiger partial charge in [-0.1, -0.05) is 36.4 Å². The summed E-state index contributed by atoms with van der Waals surface area (Å²) in [5.74, 6) is -4.50. The Balaban J connectivity index is 2.09. The highest BCUT2D eigenvalue weighted by atomic mass is 32.2. The number of nitrogens with one attached hydrogen (secondary N) is 2. The molecule has 0 aliphatic carbocycles. The molecule has 0 spiro atoms. The van der Waals surface area contributed by atoms with Crippen molar-refractivity contribution in [3.05, 3.63) is 95.6 Å². The van der Waals surface area contributed by atoms with Gasteiger partial charge < -0.3 is 5.32 Å². The molecule has 0 bridgehead atoms. The van der Waals surface area contributed by atoms with Gasteiger partial charge in [0.1, 0.15) is 5.69 Å². The van der Waals surface area contributed by atoms with Crippen LogP contribution in [0.3, 0.4) is 0 Å². The van der Waals surface area contributed by atoms with Gasteiger partial charge in [-0.15, -0.1) is 0 Å². The number of anilines is 2. The molecule has 1 atom stereocenters. The number of amides is 2. The normalized spacial score (nSPS) is 12.0. The number of carbonyl (C=O) groups excluding carboxylic acids is 2. The lowest BCUT2D eigenvalue weighted by atomic mass is 10.0. The summed E-state index contributed by atoms with van der Waals surface area (Å²) < 4.78 is 63.4. The standard InChI is InChI=1S/C21H17F2N3O6S/c22-16-7-4-8-17(23)19(16)26(33(30,31)32)18(13-5-2-1-3-6-13)21(28)24-15-11-9-14(10-12-15)20(27)25-29/h1-12,18,29H,(H,24,28)(H,25,27)(H,30,31,32)/t18-/m0/s1. The lowest BCUT2D eigenvalue weighted by Gasteiger charge is -2.30. The molecule has 3 rings (SSSR count). The number of nitrogens with zero attached hydrogens (tertiary/aromatic N) is 1. The Morgan fingerprint density at radius 1 is 0.879 bits per heavy atom. The molecule has 3 aromatic carbocycles. The number of para-hydroxylation sites is 1. The van der Waals surface area contributed by atoms with E-state index in [0.717, 1.165) is 18.2 Å². The molecular formula is C21H17F2N3O6S. The number of hydrogen-bond donors (Lipinski definition) is 4. The van der Waals surface area contributed by atoms with Gasteiger partial charge in [0, 0.05) is 11.3 Å². The number of benzene rings is 3. The van der Waals surface area contributed by atoms with Crippen LogP contribution in [0.4, 0.5) is 20.2 Å². The van der Waals surface area contributed by atoms with E-state index in [1.54, 1.807) is 6.07 Å². The maximum absolute atomic E-state index is 14.5. The van der Waals surface area contributed by atoms with Gasteiger partial charge in [0.05, 0.1) is 0 Å². The second kappa shape index (κ2) is 9.73. The summed E-state index contributed by atoms with van der Waals surface area (Å²) in [5.41, 5.74) is 0.465. The van der Waals surface area contributed by atoms with Crippen LogP contribution in [-0.4, -0.2) is 30.0 Å². The molecule has 3 aromatic rings. The molecule has 33 heavy (non-hydrogen) atoms. The molecule has 9 nitrogen and oxygen atoms in total. The number of carbonyl (C=O) groups is 2. The first-order valence-electron chi connectivity index (χ1n) is 9.24. The largest absolute Gasteiger partial charge is 0.361 e. The van der Waals surface area contributed by atoms with Crippen molar-refractivity contribution in [1.29, 1.82) is 0 Å². The van der Waals surface area contributed by atoms with E-state index >= 15 is 0 Å². The van der Waals surface area contributed by atoms with Crippen molar-refractivity contribution < 1.29 is 36.5 Å². The minimum absolute atomic E-state index is 0.00607. The number of hydroxylamine groups is 1. The fraction of sp³-hybridized carbons (Fsp3) is 0.0476. The second-order valence-electron chi connectivity index (χ2n) is 6.66. The van der Waals surface area contributed by atoms with E-state index in [0.29, 0.717) is 0 Å². The molecule has 2 amide bonds. The van der Waals surface area contributed by atoms with Crippen LogP contribution in [0.25, 0.3) is 0 Å². The summed E-state index contributed by atoms with van der Waals surface area (Å²) >= 11 is 0. The molecule has 0 unspecified atom stereocenters. The van der Waals surface area contributed by atoms with Gasteiger partial charge >= 0.3 is 10.3 Å². The fourth-order valence-corrected chi connectivity index (χ4v) is 3.97. The van der Waals surface area contributed by atoms with Gasteiger partial charge in [0.2, 0.25) is 0 Å². The van der Waals surface area contributed by atoms with Crippen molar-refractivity contribution in [1.82, 2.24) is 5.48 Å². The van der Waals surface area contributed by atoms with E-state index in [4.69, 9.17) is 5.21 Å². The maximum atomic E-state index is 14.5. The zero-order valence-electron chi connectivity index (χ0n) is 16.6. The number of hydrogen-bond acceptors (Lipinski definition) is 5. The van der Waals surface area contributed by atoms with Crippen LogP contribution in [0, 0.1) is 11.6 Å². The SMILES string of the molecule is O=C(NO)c1ccc(NC(=O)[C@H](c2ccccc2)N(c2c(F)cccc2F)S(=O)(=O)O)cc1. The predicted molar refractivity (Wildman–Crippen MR) is 114 cm³/mol. The lowest BCUT2D eigenvalue weighted by molar-refractivity contribution is -0.117. The topological polar surface area (TPSA) is 136 Å². The van der Waals surface area contributed by atoms with E-state index in [1.807, 2.05) is 0 Å². The van der Waals surface area contributed by atoms with Gasteiger partial charge in [-0.3, -0.25) is 19.3 Å². The van der Waals surface area contributed by atoms with Gasteiger partial charge in [-0.2, -0.15) is 8.42 Å². The Morgan fingerprint density at radius 2 is 1.45 bits per heavy atom. The Kier molecular flexibility index (Phi) is 7.01. The quantitative estimate of drug-likeness (QED) is 0.235. The second-order valence-corrected chi connectivity index (χ2v) is 7.95. The van der Waals surface area contributed by atoms with E-state index in [-0.39, 0.29) is 21.1 Å². The highest BCUT2D eigenvalue weighted by Gasteiger charge is 2.38. The summed E-state index contributed by atoms with van der Waals surface area (Å²) in [4.78, 5) is 24.6. The Bertz CT molecular complexity index is 1250. The van der Waals surface area contributed by atoms with Gasteiger partial charge in [0.15, 0.2) is 17.7 Å². The molecule has 4 N–H and O–H groups in total. The molecule has 0 aliphatic heterocycles. The van der Waals surface area contributed by atoms with Crippen molar-refractivity contribution in [2.24, 2.45) is 0 Å². The minimum atomic E-state index is -5.36. The zero-order valence-corrected chi connectivity index (χ0v) is 17.5. The summed E-state index contributed by atoms with van der Waals surface area (Å²) in [6, 6.07) is 12.9. The van der Waals surface area contributed by atoms with Gasteiger partial charge in [-0.05, 0) is 42.0 Å². The van der Waals surface area contributed by atoms with Crippen LogP contribution in [0.5, 0.6) is 0 Å². The molecule has 12 heteroatoms. The van der Waals surface area contributed by atoms with Crippen molar-refractivity contribution in [3.63, 3.8) is 0 Å². The molecule has 0 saturated carbocycles. The highest BCUT2D eigenvalue weighted by Crippen LogP contribution is 2.34. The summed E-state index contributed by atoms with van der Waals surface area (Å²) in [5, 5.41) is 11.1.